The van der Waals surface area contributed by atoms with E-state index in [4.69, 9.17) is 0 Å². The van der Waals surface area contributed by atoms with Gasteiger partial charge in [0.15, 0.2) is 5.82 Å². The molecule has 26 heavy (non-hydrogen) atoms. The summed E-state index contributed by atoms with van der Waals surface area (Å²) in [6.07, 6.45) is 11.8. The maximum Gasteiger partial charge on any atom is 0.287 e. The topological polar surface area (TPSA) is 76.0 Å². The number of hydrogen-bond donors (Lipinski definition) is 2. The molecule has 0 bridgehead atoms. The standard InChI is InChI=1S/C20H32N4O2/c1-2-3-8-13-21-20(26)18-23-17(16-12-7-9-14-24(16)18)19(25)22-15-10-5-4-6-11-15/h15H,2-14H2,1H3,(H,21,26)(H,22,25). The van der Waals surface area contributed by atoms with Crippen LogP contribution >= 0.6 is 0 Å². The van der Waals surface area contributed by atoms with E-state index in [1.54, 1.807) is 0 Å². The molecule has 0 spiro atoms. The SMILES string of the molecule is CCCCCNC(=O)c1nc(C(=O)NC2CCCCC2)c2n1CCCC2. The Hall–Kier alpha value is -1.85. The molecule has 2 heterocycles. The first-order valence-electron chi connectivity index (χ1n) is 10.4. The zero-order valence-corrected chi connectivity index (χ0v) is 16.0. The van der Waals surface area contributed by atoms with Crippen LogP contribution in [0.4, 0.5) is 0 Å². The summed E-state index contributed by atoms with van der Waals surface area (Å²) in [6.45, 7) is 3.58. The summed E-state index contributed by atoms with van der Waals surface area (Å²) in [5.74, 6) is 0.151. The average Bonchev–Trinajstić information content (AvgIpc) is 3.06. The molecule has 0 radical (unpaired) electrons. The van der Waals surface area contributed by atoms with Gasteiger partial charge in [0.25, 0.3) is 11.8 Å². The molecule has 6 nitrogen and oxygen atoms in total. The molecule has 1 aromatic heterocycles. The van der Waals surface area contributed by atoms with Gasteiger partial charge in [-0.2, -0.15) is 0 Å². The Bertz CT molecular complexity index is 632. The van der Waals surface area contributed by atoms with Crippen molar-refractivity contribution in [3.63, 3.8) is 0 Å². The van der Waals surface area contributed by atoms with Crippen molar-refractivity contribution >= 4 is 11.8 Å². The largest absolute Gasteiger partial charge is 0.349 e. The first kappa shape index (κ1) is 18.9. The number of carbonyl (C=O) groups excluding carboxylic acids is 2. The van der Waals surface area contributed by atoms with Crippen LogP contribution in [-0.4, -0.2) is 34.0 Å². The second-order valence-corrected chi connectivity index (χ2v) is 7.61. The number of nitrogens with zero attached hydrogens (tertiary/aromatic N) is 2. The van der Waals surface area contributed by atoms with Gasteiger partial charge in [-0.1, -0.05) is 39.0 Å². The molecule has 2 aliphatic rings. The normalized spacial score (nSPS) is 17.6. The molecule has 1 aliphatic heterocycles. The first-order chi connectivity index (χ1) is 12.7. The quantitative estimate of drug-likeness (QED) is 0.733. The van der Waals surface area contributed by atoms with E-state index in [9.17, 15) is 9.59 Å². The number of unbranched alkanes of at least 4 members (excludes halogenated alkanes) is 2. The van der Waals surface area contributed by atoms with Crippen LogP contribution in [0.2, 0.25) is 0 Å². The number of nitrogens with one attached hydrogen (secondary N) is 2. The fourth-order valence-electron chi connectivity index (χ4n) is 4.05. The van der Waals surface area contributed by atoms with Crippen molar-refractivity contribution < 1.29 is 9.59 Å². The summed E-state index contributed by atoms with van der Waals surface area (Å²) < 4.78 is 1.97. The molecule has 1 saturated carbocycles. The van der Waals surface area contributed by atoms with E-state index < -0.39 is 0 Å². The number of fused-ring (bicyclic) bond motifs is 1. The Morgan fingerprint density at radius 3 is 2.65 bits per heavy atom. The van der Waals surface area contributed by atoms with Crippen molar-refractivity contribution in [1.82, 2.24) is 20.2 Å². The summed E-state index contributed by atoms with van der Waals surface area (Å²) in [5, 5.41) is 6.11. The van der Waals surface area contributed by atoms with Crippen LogP contribution in [0.25, 0.3) is 0 Å². The monoisotopic (exact) mass is 360 g/mol. The van der Waals surface area contributed by atoms with Crippen LogP contribution in [0.15, 0.2) is 0 Å². The number of hydrogen-bond acceptors (Lipinski definition) is 3. The first-order valence-corrected chi connectivity index (χ1v) is 10.4. The molecule has 2 amide bonds. The highest BCUT2D eigenvalue weighted by atomic mass is 16.2. The summed E-state index contributed by atoms with van der Waals surface area (Å²) in [4.78, 5) is 29.9. The molecule has 3 rings (SSSR count). The van der Waals surface area contributed by atoms with Crippen molar-refractivity contribution in [1.29, 1.82) is 0 Å². The number of imidazole rings is 1. The number of aromatic nitrogens is 2. The molecule has 0 unspecified atom stereocenters. The predicted octanol–water partition coefficient (Wildman–Crippen LogP) is 3.20. The Kier molecular flexibility index (Phi) is 6.69. The third kappa shape index (κ3) is 4.46. The number of rotatable bonds is 7. The lowest BCUT2D eigenvalue weighted by Gasteiger charge is -2.23. The molecule has 0 atom stereocenters. The molecule has 1 fully saturated rings. The molecule has 0 saturated heterocycles. The molecular weight excluding hydrogens is 328 g/mol. The Labute approximate surface area is 156 Å². The highest BCUT2D eigenvalue weighted by Gasteiger charge is 2.28. The van der Waals surface area contributed by atoms with Gasteiger partial charge in [0.1, 0.15) is 5.69 Å². The van der Waals surface area contributed by atoms with Gasteiger partial charge in [-0.05, 0) is 38.5 Å². The van der Waals surface area contributed by atoms with Crippen LogP contribution in [0.1, 0.15) is 97.9 Å². The summed E-state index contributed by atoms with van der Waals surface area (Å²) in [5.41, 5.74) is 1.40. The molecule has 2 N–H and O–H groups in total. The lowest BCUT2D eigenvalue weighted by atomic mass is 9.95. The van der Waals surface area contributed by atoms with Crippen LogP contribution < -0.4 is 10.6 Å². The Morgan fingerprint density at radius 1 is 1.08 bits per heavy atom. The average molecular weight is 361 g/mol. The van der Waals surface area contributed by atoms with Crippen molar-refractivity contribution in [3.8, 4) is 0 Å². The molecular formula is C20H32N4O2. The second-order valence-electron chi connectivity index (χ2n) is 7.61. The van der Waals surface area contributed by atoms with E-state index in [1.165, 1.54) is 19.3 Å². The molecule has 1 aromatic rings. The minimum absolute atomic E-state index is 0.104. The maximum atomic E-state index is 12.8. The minimum atomic E-state index is -0.152. The van der Waals surface area contributed by atoms with Crippen molar-refractivity contribution in [2.45, 2.75) is 90.1 Å². The van der Waals surface area contributed by atoms with Gasteiger partial charge in [-0.15, -0.1) is 0 Å². The summed E-state index contributed by atoms with van der Waals surface area (Å²) in [7, 11) is 0. The Morgan fingerprint density at radius 2 is 1.88 bits per heavy atom. The maximum absolute atomic E-state index is 12.8. The van der Waals surface area contributed by atoms with Gasteiger partial charge in [0, 0.05) is 19.1 Å². The van der Waals surface area contributed by atoms with Gasteiger partial charge < -0.3 is 15.2 Å². The van der Waals surface area contributed by atoms with E-state index in [0.29, 0.717) is 18.1 Å². The van der Waals surface area contributed by atoms with Crippen LogP contribution in [-0.2, 0) is 13.0 Å². The van der Waals surface area contributed by atoms with Gasteiger partial charge >= 0.3 is 0 Å². The summed E-state index contributed by atoms with van der Waals surface area (Å²) in [6, 6.07) is 0.253. The van der Waals surface area contributed by atoms with Crippen molar-refractivity contribution in [3.05, 3.63) is 17.2 Å². The van der Waals surface area contributed by atoms with Crippen molar-refractivity contribution in [2.24, 2.45) is 0 Å². The molecule has 1 aliphatic carbocycles. The lowest BCUT2D eigenvalue weighted by Crippen LogP contribution is -2.37. The molecule has 144 valence electrons. The second kappa shape index (κ2) is 9.19. The van der Waals surface area contributed by atoms with Gasteiger partial charge in [0.2, 0.25) is 0 Å². The predicted molar refractivity (Wildman–Crippen MR) is 101 cm³/mol. The van der Waals surface area contributed by atoms with Crippen LogP contribution in [0.5, 0.6) is 0 Å². The fourth-order valence-corrected chi connectivity index (χ4v) is 4.05. The van der Waals surface area contributed by atoms with Crippen LogP contribution in [0, 0.1) is 0 Å². The highest BCUT2D eigenvalue weighted by molar-refractivity contribution is 5.97. The van der Waals surface area contributed by atoms with Gasteiger partial charge in [0.05, 0.1) is 5.69 Å². The molecule has 0 aromatic carbocycles. The zero-order valence-electron chi connectivity index (χ0n) is 16.0. The van der Waals surface area contributed by atoms with Gasteiger partial charge in [-0.25, -0.2) is 4.98 Å². The fraction of sp³-hybridized carbons (Fsp3) is 0.750. The van der Waals surface area contributed by atoms with E-state index in [1.807, 2.05) is 4.57 Å². The lowest BCUT2D eigenvalue weighted by molar-refractivity contribution is 0.0921. The van der Waals surface area contributed by atoms with E-state index in [0.717, 1.165) is 63.6 Å². The third-order valence-corrected chi connectivity index (χ3v) is 5.54. The van der Waals surface area contributed by atoms with E-state index in [2.05, 4.69) is 22.5 Å². The van der Waals surface area contributed by atoms with Crippen molar-refractivity contribution in [2.75, 3.05) is 6.54 Å². The highest BCUT2D eigenvalue weighted by Crippen LogP contribution is 2.23. The smallest absolute Gasteiger partial charge is 0.287 e. The minimum Gasteiger partial charge on any atom is -0.349 e. The number of carbonyl (C=O) groups is 2. The van der Waals surface area contributed by atoms with Crippen LogP contribution in [0.3, 0.4) is 0 Å². The van der Waals surface area contributed by atoms with E-state index in [-0.39, 0.29) is 17.9 Å². The van der Waals surface area contributed by atoms with Gasteiger partial charge in [-0.3, -0.25) is 9.59 Å². The Balaban J connectivity index is 1.72. The van der Waals surface area contributed by atoms with E-state index >= 15 is 0 Å². The summed E-state index contributed by atoms with van der Waals surface area (Å²) >= 11 is 0. The zero-order chi connectivity index (χ0) is 18.4. The molecule has 6 heteroatoms. The third-order valence-electron chi connectivity index (χ3n) is 5.54. The number of amides is 2.